The molecule has 0 spiro atoms. The molecule has 1 aromatic heterocycles. The van der Waals surface area contributed by atoms with Gasteiger partial charge in [-0.05, 0) is 42.2 Å². The lowest BCUT2D eigenvalue weighted by Gasteiger charge is -2.25. The summed E-state index contributed by atoms with van der Waals surface area (Å²) in [5, 5.41) is 3.03. The number of carbonyl (C=O) groups is 2. The summed E-state index contributed by atoms with van der Waals surface area (Å²) >= 11 is 0. The first-order chi connectivity index (χ1) is 12.5. The molecule has 3 rings (SSSR count). The zero-order chi connectivity index (χ0) is 18.7. The van der Waals surface area contributed by atoms with Crippen molar-refractivity contribution in [2.45, 2.75) is 32.7 Å². The molecule has 26 heavy (non-hydrogen) atoms. The van der Waals surface area contributed by atoms with Gasteiger partial charge in [0, 0.05) is 38.3 Å². The summed E-state index contributed by atoms with van der Waals surface area (Å²) in [5.41, 5.74) is 4.34. The molecule has 1 fully saturated rings. The van der Waals surface area contributed by atoms with Gasteiger partial charge in [-0.3, -0.25) is 14.6 Å². The monoisotopic (exact) mass is 351 g/mol. The second-order valence-electron chi connectivity index (χ2n) is 7.05. The second-order valence-corrected chi connectivity index (χ2v) is 7.05. The van der Waals surface area contributed by atoms with Gasteiger partial charge in [0.25, 0.3) is 0 Å². The summed E-state index contributed by atoms with van der Waals surface area (Å²) in [5.74, 6) is 0.154. The fourth-order valence-electron chi connectivity index (χ4n) is 3.78. The van der Waals surface area contributed by atoms with E-state index >= 15 is 0 Å². The van der Waals surface area contributed by atoms with Crippen LogP contribution in [0.4, 0.5) is 0 Å². The topological polar surface area (TPSA) is 62.3 Å². The van der Waals surface area contributed by atoms with Gasteiger partial charge in [-0.2, -0.15) is 0 Å². The Balaban J connectivity index is 1.66. The number of benzene rings is 1. The van der Waals surface area contributed by atoms with E-state index in [-0.39, 0.29) is 23.8 Å². The molecule has 2 amide bonds. The van der Waals surface area contributed by atoms with Crippen LogP contribution in [0.5, 0.6) is 0 Å². The summed E-state index contributed by atoms with van der Waals surface area (Å²) in [6.07, 6.45) is 4.33. The molecule has 2 aromatic rings. The van der Waals surface area contributed by atoms with Gasteiger partial charge >= 0.3 is 0 Å². The molecular weight excluding hydrogens is 326 g/mol. The summed E-state index contributed by atoms with van der Waals surface area (Å²) in [7, 11) is 1.82. The van der Waals surface area contributed by atoms with Crippen LogP contribution in [0.2, 0.25) is 0 Å². The van der Waals surface area contributed by atoms with Crippen molar-refractivity contribution in [3.05, 3.63) is 65.0 Å². The molecule has 1 N–H and O–H groups in total. The molecule has 2 heterocycles. The van der Waals surface area contributed by atoms with E-state index in [4.69, 9.17) is 0 Å². The average Bonchev–Trinajstić information content (AvgIpc) is 2.91. The fraction of sp³-hybridized carbons (Fsp3) is 0.381. The quantitative estimate of drug-likeness (QED) is 0.901. The van der Waals surface area contributed by atoms with Gasteiger partial charge in [0.15, 0.2) is 0 Å². The lowest BCUT2D eigenvalue weighted by atomic mass is 9.94. The largest absolute Gasteiger partial charge is 0.355 e. The number of aromatic nitrogens is 1. The van der Waals surface area contributed by atoms with E-state index in [1.165, 1.54) is 0 Å². The summed E-state index contributed by atoms with van der Waals surface area (Å²) in [4.78, 5) is 30.6. The molecule has 0 saturated carbocycles. The Labute approximate surface area is 154 Å². The standard InChI is InChI=1S/C21H25N3O2/c1-14-6-4-7-15(2)18(14)11-19(25)23-13-17-10-20(26)24(3)21(17)16-8-5-9-22-12-16/h4-9,12,17,21H,10-11,13H2,1-3H3,(H,23,25)/t17-,21-/m0/s1. The number of pyridine rings is 1. The number of aryl methyl sites for hydroxylation is 2. The molecule has 0 radical (unpaired) electrons. The predicted molar refractivity (Wildman–Crippen MR) is 100 cm³/mol. The molecule has 5 nitrogen and oxygen atoms in total. The zero-order valence-corrected chi connectivity index (χ0v) is 15.5. The van der Waals surface area contributed by atoms with E-state index in [0.717, 1.165) is 22.3 Å². The first-order valence-electron chi connectivity index (χ1n) is 8.94. The number of likely N-dealkylation sites (tertiary alicyclic amines) is 1. The molecule has 136 valence electrons. The van der Waals surface area contributed by atoms with Crippen LogP contribution in [0.3, 0.4) is 0 Å². The Morgan fingerprint density at radius 1 is 1.23 bits per heavy atom. The van der Waals surface area contributed by atoms with Crippen LogP contribution in [0, 0.1) is 19.8 Å². The Morgan fingerprint density at radius 3 is 2.62 bits per heavy atom. The average molecular weight is 351 g/mol. The van der Waals surface area contributed by atoms with Crippen molar-refractivity contribution in [3.63, 3.8) is 0 Å². The minimum absolute atomic E-state index is 0.00524. The number of carbonyl (C=O) groups excluding carboxylic acids is 2. The molecule has 1 aliphatic rings. The van der Waals surface area contributed by atoms with E-state index in [9.17, 15) is 9.59 Å². The highest BCUT2D eigenvalue weighted by Gasteiger charge is 2.38. The molecule has 1 aliphatic heterocycles. The zero-order valence-electron chi connectivity index (χ0n) is 15.5. The van der Waals surface area contributed by atoms with Gasteiger partial charge in [-0.25, -0.2) is 0 Å². The number of hydrogen-bond donors (Lipinski definition) is 1. The van der Waals surface area contributed by atoms with E-state index in [1.807, 2.05) is 51.2 Å². The Morgan fingerprint density at radius 2 is 1.96 bits per heavy atom. The molecular formula is C21H25N3O2. The smallest absolute Gasteiger partial charge is 0.224 e. The first kappa shape index (κ1) is 18.1. The highest BCUT2D eigenvalue weighted by atomic mass is 16.2. The second kappa shape index (κ2) is 7.68. The van der Waals surface area contributed by atoms with Crippen molar-refractivity contribution in [2.75, 3.05) is 13.6 Å². The summed E-state index contributed by atoms with van der Waals surface area (Å²) in [6, 6.07) is 9.87. The maximum Gasteiger partial charge on any atom is 0.224 e. The number of rotatable bonds is 5. The van der Waals surface area contributed by atoms with Gasteiger partial charge in [0.2, 0.25) is 11.8 Å². The molecule has 1 saturated heterocycles. The van der Waals surface area contributed by atoms with Crippen molar-refractivity contribution in [1.82, 2.24) is 15.2 Å². The SMILES string of the molecule is Cc1cccc(C)c1CC(=O)NC[C@@H]1CC(=O)N(C)[C@H]1c1cccnc1. The minimum atomic E-state index is -0.0447. The third-order valence-electron chi connectivity index (χ3n) is 5.26. The normalized spacial score (nSPS) is 19.7. The number of hydrogen-bond acceptors (Lipinski definition) is 3. The number of nitrogens with zero attached hydrogens (tertiary/aromatic N) is 2. The van der Waals surface area contributed by atoms with Crippen molar-refractivity contribution in [1.29, 1.82) is 0 Å². The molecule has 0 aliphatic carbocycles. The fourth-order valence-corrected chi connectivity index (χ4v) is 3.78. The van der Waals surface area contributed by atoms with Gasteiger partial charge < -0.3 is 10.2 Å². The Hall–Kier alpha value is -2.69. The number of nitrogens with one attached hydrogen (secondary N) is 1. The maximum absolute atomic E-state index is 12.5. The molecule has 0 bridgehead atoms. The highest BCUT2D eigenvalue weighted by Crippen LogP contribution is 2.36. The van der Waals surface area contributed by atoms with Crippen molar-refractivity contribution in [2.24, 2.45) is 5.92 Å². The van der Waals surface area contributed by atoms with E-state index in [0.29, 0.717) is 19.4 Å². The summed E-state index contributed by atoms with van der Waals surface area (Å²) < 4.78 is 0. The Kier molecular flexibility index (Phi) is 5.35. The van der Waals surface area contributed by atoms with Crippen molar-refractivity contribution >= 4 is 11.8 Å². The van der Waals surface area contributed by atoms with Crippen LogP contribution < -0.4 is 5.32 Å². The molecule has 2 atom stereocenters. The van der Waals surface area contributed by atoms with E-state index < -0.39 is 0 Å². The first-order valence-corrected chi connectivity index (χ1v) is 8.94. The minimum Gasteiger partial charge on any atom is -0.355 e. The van der Waals surface area contributed by atoms with Gasteiger partial charge in [0.05, 0.1) is 12.5 Å². The van der Waals surface area contributed by atoms with Gasteiger partial charge in [-0.1, -0.05) is 24.3 Å². The van der Waals surface area contributed by atoms with Crippen LogP contribution in [-0.4, -0.2) is 35.3 Å². The van der Waals surface area contributed by atoms with Gasteiger partial charge in [0.1, 0.15) is 0 Å². The number of amides is 2. The van der Waals surface area contributed by atoms with E-state index in [2.05, 4.69) is 10.3 Å². The molecule has 5 heteroatoms. The lowest BCUT2D eigenvalue weighted by molar-refractivity contribution is -0.127. The van der Waals surface area contributed by atoms with Crippen molar-refractivity contribution < 1.29 is 9.59 Å². The lowest BCUT2D eigenvalue weighted by Crippen LogP contribution is -2.33. The van der Waals surface area contributed by atoms with Crippen LogP contribution >= 0.6 is 0 Å². The molecule has 1 aromatic carbocycles. The summed E-state index contributed by atoms with van der Waals surface area (Å²) in [6.45, 7) is 4.54. The Bertz CT molecular complexity index is 784. The highest BCUT2D eigenvalue weighted by molar-refractivity contribution is 5.81. The third kappa shape index (κ3) is 3.77. The van der Waals surface area contributed by atoms with E-state index in [1.54, 1.807) is 17.3 Å². The van der Waals surface area contributed by atoms with Crippen LogP contribution in [-0.2, 0) is 16.0 Å². The third-order valence-corrected chi connectivity index (χ3v) is 5.26. The van der Waals surface area contributed by atoms with Crippen LogP contribution in [0.15, 0.2) is 42.7 Å². The van der Waals surface area contributed by atoms with Crippen LogP contribution in [0.25, 0.3) is 0 Å². The molecule has 0 unspecified atom stereocenters. The predicted octanol–water partition coefficient (Wildman–Crippen LogP) is 2.58. The van der Waals surface area contributed by atoms with Crippen molar-refractivity contribution in [3.8, 4) is 0 Å². The maximum atomic E-state index is 12.5. The van der Waals surface area contributed by atoms with Gasteiger partial charge in [-0.15, -0.1) is 0 Å². The van der Waals surface area contributed by atoms with Crippen LogP contribution in [0.1, 0.15) is 34.7 Å².